The molecule has 0 unspecified atom stereocenters. The first-order valence-electron chi connectivity index (χ1n) is 7.50. The van der Waals surface area contributed by atoms with Gasteiger partial charge in [0.2, 0.25) is 5.91 Å². The number of carbonyl (C=O) groups is 2. The average Bonchev–Trinajstić information content (AvgIpc) is 2.60. The number of methoxy groups -OCH3 is 1. The number of benzene rings is 1. The quantitative estimate of drug-likeness (QED) is 0.604. The molecule has 2 amide bonds. The minimum absolute atomic E-state index is 0.00711. The number of hydrogen-bond donors (Lipinski definition) is 1. The predicted molar refractivity (Wildman–Crippen MR) is 86.1 cm³/mol. The van der Waals surface area contributed by atoms with E-state index in [0.29, 0.717) is 13.1 Å². The second-order valence-corrected chi connectivity index (χ2v) is 5.44. The fourth-order valence-electron chi connectivity index (χ4n) is 2.47. The summed E-state index contributed by atoms with van der Waals surface area (Å²) in [5.74, 6) is -0.513. The zero-order valence-electron chi connectivity index (χ0n) is 13.7. The summed E-state index contributed by atoms with van der Waals surface area (Å²) in [7, 11) is 2.82. The van der Waals surface area contributed by atoms with Gasteiger partial charge in [-0.15, -0.1) is 0 Å². The van der Waals surface area contributed by atoms with Crippen LogP contribution in [-0.4, -0.2) is 73.4 Å². The molecule has 1 aliphatic rings. The van der Waals surface area contributed by atoms with Crippen LogP contribution in [0.4, 0.5) is 5.69 Å². The Labute approximate surface area is 139 Å². The number of ether oxygens (including phenoxy) is 1. The Kier molecular flexibility index (Phi) is 5.69. The van der Waals surface area contributed by atoms with Crippen LogP contribution >= 0.6 is 0 Å². The van der Waals surface area contributed by atoms with Crippen molar-refractivity contribution in [3.05, 3.63) is 33.9 Å². The molecule has 0 bridgehead atoms. The Morgan fingerprint density at radius 1 is 1.38 bits per heavy atom. The number of nitro groups is 1. The molecule has 1 aromatic rings. The summed E-state index contributed by atoms with van der Waals surface area (Å²) in [6, 6.07) is 3.89. The van der Waals surface area contributed by atoms with E-state index in [1.165, 1.54) is 37.3 Å². The van der Waals surface area contributed by atoms with E-state index in [0.717, 1.165) is 13.1 Å². The molecular formula is C15H20N4O5. The van der Waals surface area contributed by atoms with Crippen LogP contribution < -0.4 is 10.1 Å². The van der Waals surface area contributed by atoms with Crippen molar-refractivity contribution in [2.45, 2.75) is 0 Å². The van der Waals surface area contributed by atoms with Gasteiger partial charge in [0.05, 0.1) is 18.6 Å². The van der Waals surface area contributed by atoms with Crippen LogP contribution in [0, 0.1) is 10.1 Å². The average molecular weight is 336 g/mol. The number of nitro benzene ring substituents is 1. The van der Waals surface area contributed by atoms with Gasteiger partial charge < -0.3 is 19.9 Å². The van der Waals surface area contributed by atoms with Crippen LogP contribution in [0.1, 0.15) is 10.4 Å². The minimum Gasteiger partial charge on any atom is -0.490 e. The van der Waals surface area contributed by atoms with E-state index in [9.17, 15) is 19.7 Å². The first-order valence-corrected chi connectivity index (χ1v) is 7.50. The fourth-order valence-corrected chi connectivity index (χ4v) is 2.47. The van der Waals surface area contributed by atoms with Crippen molar-refractivity contribution >= 4 is 17.5 Å². The maximum absolute atomic E-state index is 12.4. The molecule has 130 valence electrons. The Balaban J connectivity index is 2.07. The topological polar surface area (TPSA) is 105 Å². The van der Waals surface area contributed by atoms with Crippen molar-refractivity contribution in [1.82, 2.24) is 15.1 Å². The molecule has 0 saturated carbocycles. The summed E-state index contributed by atoms with van der Waals surface area (Å²) in [5, 5.41) is 14.0. The second-order valence-electron chi connectivity index (χ2n) is 5.44. The van der Waals surface area contributed by atoms with E-state index >= 15 is 0 Å². The second kappa shape index (κ2) is 7.73. The molecule has 0 aromatic heterocycles. The zero-order chi connectivity index (χ0) is 17.7. The lowest BCUT2D eigenvalue weighted by Crippen LogP contribution is -2.49. The summed E-state index contributed by atoms with van der Waals surface area (Å²) < 4.78 is 4.96. The number of carbonyl (C=O) groups excluding carboxylic acids is 2. The van der Waals surface area contributed by atoms with Crippen molar-refractivity contribution in [1.29, 1.82) is 0 Å². The van der Waals surface area contributed by atoms with Crippen molar-refractivity contribution in [3.8, 4) is 5.75 Å². The number of amides is 2. The van der Waals surface area contributed by atoms with E-state index in [2.05, 4.69) is 5.32 Å². The molecule has 1 fully saturated rings. The van der Waals surface area contributed by atoms with Gasteiger partial charge in [0, 0.05) is 50.9 Å². The Morgan fingerprint density at radius 3 is 2.62 bits per heavy atom. The molecule has 0 atom stereocenters. The highest BCUT2D eigenvalue weighted by Gasteiger charge is 2.23. The zero-order valence-corrected chi connectivity index (χ0v) is 13.7. The SMILES string of the molecule is COc1cc(C(=O)N(C)CC(=O)N2CCNCC2)ccc1[N+](=O)[O-]. The molecule has 1 aromatic carbocycles. The van der Waals surface area contributed by atoms with Gasteiger partial charge in [-0.3, -0.25) is 19.7 Å². The molecule has 24 heavy (non-hydrogen) atoms. The Morgan fingerprint density at radius 2 is 2.04 bits per heavy atom. The first kappa shape index (κ1) is 17.7. The van der Waals surface area contributed by atoms with Gasteiger partial charge >= 0.3 is 5.69 Å². The number of rotatable bonds is 5. The van der Waals surface area contributed by atoms with Gasteiger partial charge in [-0.1, -0.05) is 0 Å². The summed E-state index contributed by atoms with van der Waals surface area (Å²) in [6.45, 7) is 2.67. The summed E-state index contributed by atoms with van der Waals surface area (Å²) in [5.41, 5.74) is 0.0154. The van der Waals surface area contributed by atoms with Crippen molar-refractivity contribution in [2.75, 3.05) is 46.9 Å². The highest BCUT2D eigenvalue weighted by Crippen LogP contribution is 2.27. The molecule has 2 rings (SSSR count). The molecule has 1 saturated heterocycles. The molecule has 0 spiro atoms. The summed E-state index contributed by atoms with van der Waals surface area (Å²) >= 11 is 0. The lowest BCUT2D eigenvalue weighted by Gasteiger charge is -2.29. The van der Waals surface area contributed by atoms with E-state index in [1.54, 1.807) is 4.90 Å². The van der Waals surface area contributed by atoms with E-state index < -0.39 is 10.8 Å². The van der Waals surface area contributed by atoms with E-state index in [-0.39, 0.29) is 29.5 Å². The number of likely N-dealkylation sites (N-methyl/N-ethyl adjacent to an activating group) is 1. The highest BCUT2D eigenvalue weighted by molar-refractivity contribution is 5.97. The standard InChI is InChI=1S/C15H20N4O5/c1-17(10-14(20)18-7-5-16-6-8-18)15(21)11-3-4-12(19(22)23)13(9-11)24-2/h3-4,9,16H,5-8,10H2,1-2H3. The lowest BCUT2D eigenvalue weighted by atomic mass is 10.1. The largest absolute Gasteiger partial charge is 0.490 e. The molecular weight excluding hydrogens is 316 g/mol. The molecule has 0 radical (unpaired) electrons. The van der Waals surface area contributed by atoms with Crippen LogP contribution in [0.25, 0.3) is 0 Å². The third-order valence-electron chi connectivity index (χ3n) is 3.81. The van der Waals surface area contributed by atoms with E-state index in [1.807, 2.05) is 0 Å². The summed E-state index contributed by atoms with van der Waals surface area (Å²) in [4.78, 5) is 37.9. The van der Waals surface area contributed by atoms with Crippen LogP contribution in [0.15, 0.2) is 18.2 Å². The molecule has 1 aliphatic heterocycles. The van der Waals surface area contributed by atoms with Gasteiger partial charge in [0.25, 0.3) is 5.91 Å². The molecule has 9 nitrogen and oxygen atoms in total. The highest BCUT2D eigenvalue weighted by atomic mass is 16.6. The van der Waals surface area contributed by atoms with Crippen LogP contribution in [0.3, 0.4) is 0 Å². The number of nitrogens with zero attached hydrogens (tertiary/aromatic N) is 3. The van der Waals surface area contributed by atoms with Crippen molar-refractivity contribution in [2.24, 2.45) is 0 Å². The maximum Gasteiger partial charge on any atom is 0.310 e. The monoisotopic (exact) mass is 336 g/mol. The first-order chi connectivity index (χ1) is 11.4. The van der Waals surface area contributed by atoms with Gasteiger partial charge in [-0.05, 0) is 6.07 Å². The molecule has 0 aliphatic carbocycles. The molecule has 9 heteroatoms. The van der Waals surface area contributed by atoms with Gasteiger partial charge in [0.1, 0.15) is 0 Å². The Bertz CT molecular complexity index is 643. The number of nitrogens with one attached hydrogen (secondary N) is 1. The predicted octanol–water partition coefficient (Wildman–Crippen LogP) is 0.107. The van der Waals surface area contributed by atoms with Gasteiger partial charge in [0.15, 0.2) is 5.75 Å². The smallest absolute Gasteiger partial charge is 0.310 e. The van der Waals surface area contributed by atoms with Gasteiger partial charge in [-0.25, -0.2) is 0 Å². The maximum atomic E-state index is 12.4. The van der Waals surface area contributed by atoms with Crippen LogP contribution in [0.5, 0.6) is 5.75 Å². The van der Waals surface area contributed by atoms with Crippen molar-refractivity contribution in [3.63, 3.8) is 0 Å². The molecule has 1 N–H and O–H groups in total. The molecule has 1 heterocycles. The fraction of sp³-hybridized carbons (Fsp3) is 0.467. The lowest BCUT2D eigenvalue weighted by molar-refractivity contribution is -0.385. The normalized spacial score (nSPS) is 14.2. The summed E-state index contributed by atoms with van der Waals surface area (Å²) in [6.07, 6.45) is 0. The number of hydrogen-bond acceptors (Lipinski definition) is 6. The third-order valence-corrected chi connectivity index (χ3v) is 3.81. The minimum atomic E-state index is -0.579. The van der Waals surface area contributed by atoms with Gasteiger partial charge in [-0.2, -0.15) is 0 Å². The van der Waals surface area contributed by atoms with Crippen LogP contribution in [-0.2, 0) is 4.79 Å². The van der Waals surface area contributed by atoms with Crippen LogP contribution in [0.2, 0.25) is 0 Å². The number of piperazine rings is 1. The van der Waals surface area contributed by atoms with E-state index in [4.69, 9.17) is 4.74 Å². The Hall–Kier alpha value is -2.68. The van der Waals surface area contributed by atoms with Crippen molar-refractivity contribution < 1.29 is 19.2 Å². The third kappa shape index (κ3) is 3.99.